The van der Waals surface area contributed by atoms with Crippen LogP contribution in [0.2, 0.25) is 5.02 Å². The molecule has 8 nitrogen and oxygen atoms in total. The molecule has 0 saturated carbocycles. The van der Waals surface area contributed by atoms with Gasteiger partial charge in [-0.2, -0.15) is 0 Å². The van der Waals surface area contributed by atoms with Crippen LogP contribution >= 0.6 is 22.9 Å². The van der Waals surface area contributed by atoms with Crippen molar-refractivity contribution in [2.75, 3.05) is 24.3 Å². The Bertz CT molecular complexity index is 1060. The summed E-state index contributed by atoms with van der Waals surface area (Å²) in [6.07, 6.45) is 0. The number of carbonyl (C=O) groups is 3. The van der Waals surface area contributed by atoms with E-state index in [1.165, 1.54) is 31.2 Å². The summed E-state index contributed by atoms with van der Waals surface area (Å²) in [6.45, 7) is 4.99. The molecule has 0 fully saturated rings. The van der Waals surface area contributed by atoms with Gasteiger partial charge in [-0.1, -0.05) is 11.6 Å². The average Bonchev–Trinajstić information content (AvgIpc) is 2.98. The van der Waals surface area contributed by atoms with Gasteiger partial charge in [-0.25, -0.2) is 18.0 Å². The van der Waals surface area contributed by atoms with Gasteiger partial charge >= 0.3 is 11.9 Å². The van der Waals surface area contributed by atoms with E-state index in [0.717, 1.165) is 11.3 Å². The molecule has 0 radical (unpaired) electrons. The van der Waals surface area contributed by atoms with Crippen LogP contribution in [0.4, 0.5) is 5.00 Å². The number of hydrogen-bond donors (Lipinski definition) is 1. The highest BCUT2D eigenvalue weighted by atomic mass is 35.5. The lowest BCUT2D eigenvalue weighted by atomic mass is 10.1. The summed E-state index contributed by atoms with van der Waals surface area (Å²) in [4.78, 5) is 37.0. The average molecular weight is 474 g/mol. The lowest BCUT2D eigenvalue weighted by molar-refractivity contribution is -0.113. The first-order valence-electron chi connectivity index (χ1n) is 8.86. The highest BCUT2D eigenvalue weighted by Crippen LogP contribution is 2.34. The van der Waals surface area contributed by atoms with E-state index in [-0.39, 0.29) is 39.1 Å². The fourth-order valence-corrected chi connectivity index (χ4v) is 4.87. The second kappa shape index (κ2) is 10.1. The van der Waals surface area contributed by atoms with Crippen molar-refractivity contribution >= 4 is 55.6 Å². The first-order valence-corrected chi connectivity index (χ1v) is 11.7. The van der Waals surface area contributed by atoms with E-state index < -0.39 is 33.4 Å². The Morgan fingerprint density at radius 1 is 1.03 bits per heavy atom. The van der Waals surface area contributed by atoms with Crippen molar-refractivity contribution in [2.24, 2.45) is 0 Å². The Kier molecular flexibility index (Phi) is 7.99. The van der Waals surface area contributed by atoms with Crippen molar-refractivity contribution < 1.29 is 32.3 Å². The van der Waals surface area contributed by atoms with Crippen molar-refractivity contribution in [3.8, 4) is 0 Å². The number of rotatable bonds is 8. The molecule has 0 aliphatic rings. The summed E-state index contributed by atoms with van der Waals surface area (Å²) in [5.74, 6) is -3.12. The molecule has 162 valence electrons. The molecule has 1 N–H and O–H groups in total. The molecule has 2 rings (SSSR count). The smallest absolute Gasteiger partial charge is 0.348 e. The zero-order valence-corrected chi connectivity index (χ0v) is 18.9. The molecule has 1 aromatic heterocycles. The highest BCUT2D eigenvalue weighted by molar-refractivity contribution is 7.92. The maximum Gasteiger partial charge on any atom is 0.348 e. The largest absolute Gasteiger partial charge is 0.462 e. The summed E-state index contributed by atoms with van der Waals surface area (Å²) >= 11 is 6.58. The molecule has 1 heterocycles. The van der Waals surface area contributed by atoms with E-state index in [1.54, 1.807) is 13.8 Å². The fraction of sp³-hybridized carbons (Fsp3) is 0.316. The van der Waals surface area contributed by atoms with Gasteiger partial charge in [0.2, 0.25) is 5.91 Å². The Morgan fingerprint density at radius 2 is 1.60 bits per heavy atom. The van der Waals surface area contributed by atoms with Crippen molar-refractivity contribution in [1.82, 2.24) is 0 Å². The predicted molar refractivity (Wildman–Crippen MR) is 113 cm³/mol. The first-order chi connectivity index (χ1) is 14.1. The number of ether oxygens (including phenoxy) is 2. The molecule has 1 amide bonds. The van der Waals surface area contributed by atoms with Crippen LogP contribution in [0.1, 0.15) is 39.4 Å². The van der Waals surface area contributed by atoms with Crippen molar-refractivity contribution in [1.29, 1.82) is 0 Å². The van der Waals surface area contributed by atoms with Crippen LogP contribution in [-0.2, 0) is 24.1 Å². The summed E-state index contributed by atoms with van der Waals surface area (Å²) in [5, 5.41) is 2.79. The van der Waals surface area contributed by atoms with E-state index in [0.29, 0.717) is 5.02 Å². The monoisotopic (exact) mass is 473 g/mol. The minimum Gasteiger partial charge on any atom is -0.462 e. The van der Waals surface area contributed by atoms with Crippen LogP contribution < -0.4 is 5.32 Å². The van der Waals surface area contributed by atoms with Gasteiger partial charge in [-0.15, -0.1) is 11.3 Å². The number of anilines is 1. The molecule has 11 heteroatoms. The minimum absolute atomic E-state index is 0.0119. The lowest BCUT2D eigenvalue weighted by Crippen LogP contribution is -2.23. The third-order valence-electron chi connectivity index (χ3n) is 3.83. The van der Waals surface area contributed by atoms with Gasteiger partial charge in [0.05, 0.1) is 23.7 Å². The Morgan fingerprint density at radius 3 is 2.17 bits per heavy atom. The molecule has 0 aliphatic heterocycles. The molecular weight excluding hydrogens is 454 g/mol. The number of amides is 1. The fourth-order valence-electron chi connectivity index (χ4n) is 2.50. The quantitative estimate of drug-likeness (QED) is 0.583. The van der Waals surface area contributed by atoms with E-state index in [2.05, 4.69) is 5.32 Å². The van der Waals surface area contributed by atoms with Gasteiger partial charge in [-0.05, 0) is 50.6 Å². The van der Waals surface area contributed by atoms with E-state index in [9.17, 15) is 22.8 Å². The van der Waals surface area contributed by atoms with Crippen molar-refractivity contribution in [3.63, 3.8) is 0 Å². The van der Waals surface area contributed by atoms with Gasteiger partial charge in [0.25, 0.3) is 0 Å². The second-order valence-electron chi connectivity index (χ2n) is 5.96. The number of hydrogen-bond acceptors (Lipinski definition) is 8. The summed E-state index contributed by atoms with van der Waals surface area (Å²) in [6, 6.07) is 5.39. The number of thiophene rings is 1. The van der Waals surface area contributed by atoms with Crippen LogP contribution in [0.5, 0.6) is 0 Å². The Hall–Kier alpha value is -2.43. The van der Waals surface area contributed by atoms with E-state index in [4.69, 9.17) is 21.1 Å². The van der Waals surface area contributed by atoms with Gasteiger partial charge in [-0.3, -0.25) is 4.79 Å². The number of benzene rings is 1. The summed E-state index contributed by atoms with van der Waals surface area (Å²) in [7, 11) is -3.94. The maximum absolute atomic E-state index is 12.5. The lowest BCUT2D eigenvalue weighted by Gasteiger charge is -2.08. The second-order valence-corrected chi connectivity index (χ2v) is 9.41. The zero-order valence-electron chi connectivity index (χ0n) is 16.5. The SMILES string of the molecule is CCOC(=O)c1sc(NC(=O)CS(=O)(=O)c2ccc(Cl)cc2)c(C(=O)OCC)c1C. The molecule has 2 aromatic rings. The molecule has 1 aromatic carbocycles. The van der Waals surface area contributed by atoms with Gasteiger partial charge in [0.1, 0.15) is 15.6 Å². The topological polar surface area (TPSA) is 116 Å². The molecule has 30 heavy (non-hydrogen) atoms. The van der Waals surface area contributed by atoms with Crippen molar-refractivity contribution in [3.05, 3.63) is 45.3 Å². The third-order valence-corrected chi connectivity index (χ3v) is 6.91. The molecule has 0 saturated heterocycles. The summed E-state index contributed by atoms with van der Waals surface area (Å²) < 4.78 is 34.9. The van der Waals surface area contributed by atoms with Crippen LogP contribution in [0, 0.1) is 6.92 Å². The van der Waals surface area contributed by atoms with Gasteiger partial charge in [0.15, 0.2) is 9.84 Å². The van der Waals surface area contributed by atoms with Crippen molar-refractivity contribution in [2.45, 2.75) is 25.7 Å². The molecule has 0 spiro atoms. The van der Waals surface area contributed by atoms with Gasteiger partial charge < -0.3 is 14.8 Å². The van der Waals surface area contributed by atoms with Gasteiger partial charge in [0, 0.05) is 5.02 Å². The van der Waals surface area contributed by atoms with Crippen LogP contribution in [0.15, 0.2) is 29.2 Å². The minimum atomic E-state index is -3.94. The molecular formula is C19H20ClNO7S2. The maximum atomic E-state index is 12.5. The van der Waals surface area contributed by atoms with Crippen LogP contribution in [0.3, 0.4) is 0 Å². The van der Waals surface area contributed by atoms with Crippen LogP contribution in [-0.4, -0.2) is 45.2 Å². The number of carbonyl (C=O) groups excluding carboxylic acids is 3. The standard InChI is InChI=1S/C19H20ClNO7S2/c1-4-27-18(23)15-11(3)16(19(24)28-5-2)29-17(15)21-14(22)10-30(25,26)13-8-6-12(20)7-9-13/h6-9H,4-5,10H2,1-3H3,(H,21,22). The zero-order chi connectivity index (χ0) is 22.5. The Balaban J connectivity index is 2.32. The normalized spacial score (nSPS) is 11.1. The summed E-state index contributed by atoms with van der Waals surface area (Å²) in [5.41, 5.74) is 0.273. The molecule has 0 aliphatic carbocycles. The first kappa shape index (κ1) is 23.8. The number of halogens is 1. The Labute approximate surface area is 183 Å². The van der Waals surface area contributed by atoms with E-state index in [1.807, 2.05) is 0 Å². The number of sulfone groups is 1. The highest BCUT2D eigenvalue weighted by Gasteiger charge is 2.28. The van der Waals surface area contributed by atoms with E-state index >= 15 is 0 Å². The molecule has 0 atom stereocenters. The van der Waals surface area contributed by atoms with Crippen LogP contribution in [0.25, 0.3) is 0 Å². The number of nitrogens with one attached hydrogen (secondary N) is 1. The third kappa shape index (κ3) is 5.59. The number of esters is 2. The molecule has 0 bridgehead atoms. The molecule has 0 unspecified atom stereocenters. The predicted octanol–water partition coefficient (Wildman–Crippen LogP) is 3.48.